The van der Waals surface area contributed by atoms with Gasteiger partial charge >= 0.3 is 0 Å². The van der Waals surface area contributed by atoms with Crippen molar-refractivity contribution in [3.8, 4) is 0 Å². The molecule has 0 amide bonds. The molecule has 0 aliphatic carbocycles. The fourth-order valence-corrected chi connectivity index (χ4v) is 2.20. The summed E-state index contributed by atoms with van der Waals surface area (Å²) in [7, 11) is 5.61. The van der Waals surface area contributed by atoms with Gasteiger partial charge in [-0.05, 0) is 25.1 Å². The van der Waals surface area contributed by atoms with Gasteiger partial charge in [-0.2, -0.15) is 0 Å². The van der Waals surface area contributed by atoms with Gasteiger partial charge < -0.3 is 20.3 Å². The Morgan fingerprint density at radius 2 is 2.05 bits per heavy atom. The van der Waals surface area contributed by atoms with Crippen molar-refractivity contribution in [2.75, 3.05) is 47.4 Å². The number of halogens is 1. The van der Waals surface area contributed by atoms with E-state index in [-0.39, 0.29) is 0 Å². The van der Waals surface area contributed by atoms with Crippen molar-refractivity contribution in [3.05, 3.63) is 34.9 Å². The highest BCUT2D eigenvalue weighted by atomic mass is 35.5. The lowest BCUT2D eigenvalue weighted by Crippen LogP contribution is -2.40. The van der Waals surface area contributed by atoms with Crippen LogP contribution in [0.1, 0.15) is 12.0 Å². The van der Waals surface area contributed by atoms with E-state index in [1.54, 1.807) is 14.2 Å². The molecule has 0 aliphatic heterocycles. The highest BCUT2D eigenvalue weighted by molar-refractivity contribution is 6.31. The Kier molecular flexibility index (Phi) is 9.62. The first-order valence-corrected chi connectivity index (χ1v) is 7.90. The Labute approximate surface area is 138 Å². The summed E-state index contributed by atoms with van der Waals surface area (Å²) in [6.45, 7) is 4.28. The van der Waals surface area contributed by atoms with E-state index in [1.807, 2.05) is 24.3 Å². The Hall–Kier alpha value is -1.30. The Bertz CT molecular complexity index is 454. The normalized spacial score (nSPS) is 11.8. The second kappa shape index (κ2) is 11.3. The lowest BCUT2D eigenvalue weighted by molar-refractivity contribution is 0.180. The molecule has 0 bridgehead atoms. The number of methoxy groups -OCH3 is 1. The molecule has 0 aromatic heterocycles. The second-order valence-electron chi connectivity index (χ2n) is 5.09. The summed E-state index contributed by atoms with van der Waals surface area (Å²) in [6.07, 6.45) is 1.05. The van der Waals surface area contributed by atoms with Crippen LogP contribution in [0, 0.1) is 0 Å². The molecule has 1 aromatic carbocycles. The van der Waals surface area contributed by atoms with Crippen molar-refractivity contribution in [3.63, 3.8) is 0 Å². The zero-order valence-corrected chi connectivity index (χ0v) is 14.5. The number of guanidine groups is 1. The summed E-state index contributed by atoms with van der Waals surface area (Å²) in [5, 5.41) is 7.34. The van der Waals surface area contributed by atoms with Gasteiger partial charge in [0.2, 0.25) is 0 Å². The SMILES string of the molecule is CN=C(NCCN(C)CCCOC)NCc1ccccc1Cl. The van der Waals surface area contributed by atoms with Crippen LogP contribution in [0.3, 0.4) is 0 Å². The minimum absolute atomic E-state index is 0.656. The highest BCUT2D eigenvalue weighted by Gasteiger charge is 2.02. The van der Waals surface area contributed by atoms with E-state index in [0.717, 1.165) is 49.2 Å². The maximum atomic E-state index is 6.14. The number of nitrogens with zero attached hydrogens (tertiary/aromatic N) is 2. The van der Waals surface area contributed by atoms with Crippen LogP contribution in [0.15, 0.2) is 29.3 Å². The molecule has 0 atom stereocenters. The zero-order chi connectivity index (χ0) is 16.2. The molecule has 0 heterocycles. The fourth-order valence-electron chi connectivity index (χ4n) is 2.00. The van der Waals surface area contributed by atoms with Gasteiger partial charge in [0.1, 0.15) is 0 Å². The molecule has 124 valence electrons. The lowest BCUT2D eigenvalue weighted by atomic mass is 10.2. The maximum absolute atomic E-state index is 6.14. The molecular weight excluding hydrogens is 300 g/mol. The number of hydrogen-bond acceptors (Lipinski definition) is 3. The first-order valence-electron chi connectivity index (χ1n) is 7.52. The lowest BCUT2D eigenvalue weighted by Gasteiger charge is -2.18. The van der Waals surface area contributed by atoms with Crippen LogP contribution in [0.2, 0.25) is 5.02 Å². The number of ether oxygens (including phenoxy) is 1. The van der Waals surface area contributed by atoms with Gasteiger partial charge in [0.15, 0.2) is 5.96 Å². The van der Waals surface area contributed by atoms with Crippen molar-refractivity contribution in [2.24, 2.45) is 4.99 Å². The predicted molar refractivity (Wildman–Crippen MR) is 93.6 cm³/mol. The number of rotatable bonds is 9. The molecule has 0 spiro atoms. The molecule has 0 fully saturated rings. The summed E-state index contributed by atoms with van der Waals surface area (Å²) in [4.78, 5) is 6.49. The van der Waals surface area contributed by atoms with Crippen molar-refractivity contribution in [1.82, 2.24) is 15.5 Å². The van der Waals surface area contributed by atoms with Gasteiger partial charge in [0, 0.05) is 52.0 Å². The number of likely N-dealkylation sites (N-methyl/N-ethyl adjacent to an activating group) is 1. The van der Waals surface area contributed by atoms with Crippen LogP contribution >= 0.6 is 11.6 Å². The molecule has 1 aromatic rings. The number of benzene rings is 1. The molecule has 0 unspecified atom stereocenters. The molecule has 2 N–H and O–H groups in total. The quantitative estimate of drug-likeness (QED) is 0.414. The van der Waals surface area contributed by atoms with Gasteiger partial charge in [-0.15, -0.1) is 0 Å². The number of hydrogen-bond donors (Lipinski definition) is 2. The van der Waals surface area contributed by atoms with Crippen LogP contribution < -0.4 is 10.6 Å². The molecular formula is C16H27ClN4O. The summed E-state index contributed by atoms with van der Waals surface area (Å²) in [6, 6.07) is 7.81. The largest absolute Gasteiger partial charge is 0.385 e. The molecule has 22 heavy (non-hydrogen) atoms. The summed E-state index contributed by atoms with van der Waals surface area (Å²) in [5.74, 6) is 0.783. The molecule has 1 rings (SSSR count). The third-order valence-corrected chi connectivity index (χ3v) is 3.67. The van der Waals surface area contributed by atoms with E-state index < -0.39 is 0 Å². The predicted octanol–water partition coefficient (Wildman–Crippen LogP) is 1.97. The third-order valence-electron chi connectivity index (χ3n) is 3.30. The molecule has 0 radical (unpaired) electrons. The van der Waals surface area contributed by atoms with Gasteiger partial charge in [0.05, 0.1) is 0 Å². The van der Waals surface area contributed by atoms with Gasteiger partial charge in [0.25, 0.3) is 0 Å². The van der Waals surface area contributed by atoms with Crippen LogP contribution in [-0.4, -0.2) is 58.3 Å². The van der Waals surface area contributed by atoms with Crippen molar-refractivity contribution >= 4 is 17.6 Å². The first-order chi connectivity index (χ1) is 10.7. The highest BCUT2D eigenvalue weighted by Crippen LogP contribution is 2.14. The Morgan fingerprint density at radius 3 is 2.73 bits per heavy atom. The van der Waals surface area contributed by atoms with E-state index in [0.29, 0.717) is 6.54 Å². The summed E-state index contributed by atoms with van der Waals surface area (Å²) in [5.41, 5.74) is 1.06. The number of nitrogens with one attached hydrogen (secondary N) is 2. The average Bonchev–Trinajstić information content (AvgIpc) is 2.52. The van der Waals surface area contributed by atoms with Crippen LogP contribution in [0.5, 0.6) is 0 Å². The Morgan fingerprint density at radius 1 is 1.27 bits per heavy atom. The van der Waals surface area contributed by atoms with E-state index >= 15 is 0 Å². The van der Waals surface area contributed by atoms with Crippen molar-refractivity contribution < 1.29 is 4.74 Å². The fraction of sp³-hybridized carbons (Fsp3) is 0.562. The topological polar surface area (TPSA) is 48.9 Å². The molecule has 0 saturated carbocycles. The van der Waals surface area contributed by atoms with Crippen LogP contribution in [0.25, 0.3) is 0 Å². The van der Waals surface area contributed by atoms with E-state index in [9.17, 15) is 0 Å². The Balaban J connectivity index is 2.24. The molecule has 6 heteroatoms. The minimum atomic E-state index is 0.656. The van der Waals surface area contributed by atoms with E-state index in [4.69, 9.17) is 16.3 Å². The second-order valence-corrected chi connectivity index (χ2v) is 5.50. The van der Waals surface area contributed by atoms with Crippen molar-refractivity contribution in [2.45, 2.75) is 13.0 Å². The smallest absolute Gasteiger partial charge is 0.191 e. The third kappa shape index (κ3) is 7.64. The van der Waals surface area contributed by atoms with E-state index in [2.05, 4.69) is 27.6 Å². The summed E-state index contributed by atoms with van der Waals surface area (Å²) >= 11 is 6.14. The van der Waals surface area contributed by atoms with Crippen molar-refractivity contribution in [1.29, 1.82) is 0 Å². The maximum Gasteiger partial charge on any atom is 0.191 e. The van der Waals surface area contributed by atoms with Crippen LogP contribution in [0.4, 0.5) is 0 Å². The van der Waals surface area contributed by atoms with Gasteiger partial charge in [-0.3, -0.25) is 4.99 Å². The van der Waals surface area contributed by atoms with Gasteiger partial charge in [-0.25, -0.2) is 0 Å². The standard InChI is InChI=1S/C16H27ClN4O/c1-18-16(19-9-11-21(2)10-6-12-22-3)20-13-14-7-4-5-8-15(14)17/h4-5,7-8H,6,9-13H2,1-3H3,(H2,18,19,20). The van der Waals surface area contributed by atoms with E-state index in [1.165, 1.54) is 0 Å². The minimum Gasteiger partial charge on any atom is -0.385 e. The van der Waals surface area contributed by atoms with Gasteiger partial charge in [-0.1, -0.05) is 29.8 Å². The zero-order valence-electron chi connectivity index (χ0n) is 13.7. The molecule has 0 aliphatic rings. The molecule has 5 nitrogen and oxygen atoms in total. The monoisotopic (exact) mass is 326 g/mol. The first kappa shape index (κ1) is 18.7. The molecule has 0 saturated heterocycles. The number of aliphatic imine (C=N–C) groups is 1. The summed E-state index contributed by atoms with van der Waals surface area (Å²) < 4.78 is 5.05. The average molecular weight is 327 g/mol. The van der Waals surface area contributed by atoms with Crippen LogP contribution in [-0.2, 0) is 11.3 Å².